The summed E-state index contributed by atoms with van der Waals surface area (Å²) in [5, 5.41) is 3.00. The Hall–Kier alpha value is -4.14. The Morgan fingerprint density at radius 3 is 2.28 bits per heavy atom. The van der Waals surface area contributed by atoms with E-state index >= 15 is 0 Å². The summed E-state index contributed by atoms with van der Waals surface area (Å²) >= 11 is 0. The van der Waals surface area contributed by atoms with Crippen molar-refractivity contribution in [3.05, 3.63) is 54.9 Å². The molecule has 1 saturated heterocycles. The highest BCUT2D eigenvalue weighted by atomic mass is 16.2. The lowest BCUT2D eigenvalue weighted by atomic mass is 9.96. The highest BCUT2D eigenvalue weighted by molar-refractivity contribution is 5.93. The summed E-state index contributed by atoms with van der Waals surface area (Å²) in [5.74, 6) is -0.0187. The van der Waals surface area contributed by atoms with E-state index in [1.54, 1.807) is 4.90 Å². The molecular formula is C27H31N7O2. The normalized spacial score (nSPS) is 15.7. The van der Waals surface area contributed by atoms with Crippen LogP contribution in [0.1, 0.15) is 26.7 Å². The third kappa shape index (κ3) is 4.68. The molecule has 0 spiro atoms. The van der Waals surface area contributed by atoms with Crippen molar-refractivity contribution in [2.75, 3.05) is 31.5 Å². The molecule has 1 aliphatic heterocycles. The lowest BCUT2D eigenvalue weighted by molar-refractivity contribution is -0.136. The number of amides is 3. The van der Waals surface area contributed by atoms with Crippen LogP contribution in [0.2, 0.25) is 0 Å². The maximum absolute atomic E-state index is 13.1. The molecule has 9 nitrogen and oxygen atoms in total. The van der Waals surface area contributed by atoms with E-state index in [4.69, 9.17) is 9.97 Å². The van der Waals surface area contributed by atoms with Crippen LogP contribution in [-0.2, 0) is 4.79 Å². The standard InChI is InChI=1S/C27H31N7O2/c1-3-33(4-2)26(35)18-8-7-15-34(17-18)27(36)30-19-11-12-20-23(16-19)32-25(22-10-6-14-29-22)24(31-20)21-9-5-13-28-21/h5-6,9-14,16,18,28-29H,3-4,7-8,15,17H2,1-2H3,(H,30,36)/t18-/m1/s1. The van der Waals surface area contributed by atoms with Crippen molar-refractivity contribution >= 4 is 28.7 Å². The van der Waals surface area contributed by atoms with Crippen LogP contribution in [0.5, 0.6) is 0 Å². The Bertz CT molecular complexity index is 1340. The zero-order valence-electron chi connectivity index (χ0n) is 20.6. The number of likely N-dealkylation sites (tertiary alicyclic amines) is 1. The number of nitrogens with zero attached hydrogens (tertiary/aromatic N) is 4. The molecular weight excluding hydrogens is 454 g/mol. The number of aromatic nitrogens is 4. The van der Waals surface area contributed by atoms with Gasteiger partial charge in [-0.2, -0.15) is 0 Å². The van der Waals surface area contributed by atoms with Gasteiger partial charge in [0.15, 0.2) is 0 Å². The third-order valence-corrected chi connectivity index (χ3v) is 6.75. The predicted molar refractivity (Wildman–Crippen MR) is 140 cm³/mol. The van der Waals surface area contributed by atoms with E-state index in [1.165, 1.54) is 0 Å². The number of nitrogens with one attached hydrogen (secondary N) is 3. The van der Waals surface area contributed by atoms with Gasteiger partial charge in [-0.15, -0.1) is 0 Å². The molecule has 0 radical (unpaired) electrons. The number of hydrogen-bond acceptors (Lipinski definition) is 4. The number of piperidine rings is 1. The Balaban J connectivity index is 1.38. The molecule has 3 amide bonds. The molecule has 186 valence electrons. The lowest BCUT2D eigenvalue weighted by Gasteiger charge is -2.34. The number of benzene rings is 1. The van der Waals surface area contributed by atoms with Gasteiger partial charge in [0.1, 0.15) is 11.4 Å². The van der Waals surface area contributed by atoms with Crippen LogP contribution in [0, 0.1) is 5.92 Å². The molecule has 1 fully saturated rings. The van der Waals surface area contributed by atoms with Gasteiger partial charge in [-0.3, -0.25) is 4.79 Å². The number of hydrogen-bond donors (Lipinski definition) is 3. The minimum absolute atomic E-state index is 0.133. The summed E-state index contributed by atoms with van der Waals surface area (Å²) in [7, 11) is 0. The molecule has 1 atom stereocenters. The molecule has 3 aromatic heterocycles. The average molecular weight is 486 g/mol. The predicted octanol–water partition coefficient (Wildman–Crippen LogP) is 4.73. The zero-order valence-corrected chi connectivity index (χ0v) is 20.6. The van der Waals surface area contributed by atoms with Gasteiger partial charge in [0.25, 0.3) is 0 Å². The van der Waals surface area contributed by atoms with E-state index in [2.05, 4.69) is 15.3 Å². The van der Waals surface area contributed by atoms with E-state index in [0.29, 0.717) is 37.4 Å². The smallest absolute Gasteiger partial charge is 0.321 e. The third-order valence-electron chi connectivity index (χ3n) is 6.75. The first kappa shape index (κ1) is 23.6. The van der Waals surface area contributed by atoms with E-state index in [9.17, 15) is 9.59 Å². The Morgan fingerprint density at radius 2 is 1.67 bits per heavy atom. The SMILES string of the molecule is CCN(CC)C(=O)[C@@H]1CCCN(C(=O)Nc2ccc3nc(-c4ccc[nH]4)c(-c4ccc[nH]4)nc3c2)C1. The number of carbonyl (C=O) groups is 2. The van der Waals surface area contributed by atoms with E-state index < -0.39 is 0 Å². The van der Waals surface area contributed by atoms with Crippen LogP contribution in [0.15, 0.2) is 54.9 Å². The van der Waals surface area contributed by atoms with Gasteiger partial charge in [0.05, 0.1) is 28.3 Å². The van der Waals surface area contributed by atoms with Gasteiger partial charge < -0.3 is 25.1 Å². The molecule has 9 heteroatoms. The fourth-order valence-corrected chi connectivity index (χ4v) is 4.82. The maximum atomic E-state index is 13.1. The van der Waals surface area contributed by atoms with Gasteiger partial charge in [0.2, 0.25) is 5.91 Å². The molecule has 36 heavy (non-hydrogen) atoms. The maximum Gasteiger partial charge on any atom is 0.321 e. The van der Waals surface area contributed by atoms with Gasteiger partial charge in [-0.1, -0.05) is 0 Å². The number of fused-ring (bicyclic) bond motifs is 1. The monoisotopic (exact) mass is 485 g/mol. The van der Waals surface area contributed by atoms with Crippen LogP contribution >= 0.6 is 0 Å². The van der Waals surface area contributed by atoms with Crippen molar-refractivity contribution in [1.29, 1.82) is 0 Å². The molecule has 3 N–H and O–H groups in total. The van der Waals surface area contributed by atoms with Crippen LogP contribution in [0.25, 0.3) is 33.8 Å². The topological polar surface area (TPSA) is 110 Å². The van der Waals surface area contributed by atoms with Crippen molar-refractivity contribution < 1.29 is 9.59 Å². The van der Waals surface area contributed by atoms with Gasteiger partial charge in [-0.25, -0.2) is 14.8 Å². The van der Waals surface area contributed by atoms with E-state index in [-0.39, 0.29) is 17.9 Å². The van der Waals surface area contributed by atoms with E-state index in [0.717, 1.165) is 41.1 Å². The molecule has 4 aromatic rings. The van der Waals surface area contributed by atoms with Crippen LogP contribution in [0.3, 0.4) is 0 Å². The zero-order chi connectivity index (χ0) is 25.1. The summed E-state index contributed by atoms with van der Waals surface area (Å²) in [5.41, 5.74) is 5.28. The summed E-state index contributed by atoms with van der Waals surface area (Å²) in [6.07, 6.45) is 5.34. The highest BCUT2D eigenvalue weighted by Crippen LogP contribution is 2.30. The van der Waals surface area contributed by atoms with Crippen LogP contribution in [0.4, 0.5) is 10.5 Å². The molecule has 1 aliphatic rings. The van der Waals surface area contributed by atoms with E-state index in [1.807, 2.05) is 73.6 Å². The van der Waals surface area contributed by atoms with Gasteiger partial charge in [0, 0.05) is 44.3 Å². The van der Waals surface area contributed by atoms with Crippen molar-refractivity contribution in [3.63, 3.8) is 0 Å². The minimum atomic E-state index is -0.202. The van der Waals surface area contributed by atoms with Crippen molar-refractivity contribution in [1.82, 2.24) is 29.7 Å². The largest absolute Gasteiger partial charge is 0.360 e. The fraction of sp³-hybridized carbons (Fsp3) is 0.333. The second-order valence-corrected chi connectivity index (χ2v) is 9.02. The summed E-state index contributed by atoms with van der Waals surface area (Å²) < 4.78 is 0. The first-order valence-electron chi connectivity index (χ1n) is 12.5. The van der Waals surface area contributed by atoms with Gasteiger partial charge >= 0.3 is 6.03 Å². The fourth-order valence-electron chi connectivity index (χ4n) is 4.82. The van der Waals surface area contributed by atoms with Gasteiger partial charge in [-0.05, 0) is 69.2 Å². The number of aromatic amines is 2. The Kier molecular flexibility index (Phi) is 6.71. The van der Waals surface area contributed by atoms with Crippen molar-refractivity contribution in [2.24, 2.45) is 5.92 Å². The second-order valence-electron chi connectivity index (χ2n) is 9.02. The van der Waals surface area contributed by atoms with Crippen LogP contribution < -0.4 is 5.32 Å². The quantitative estimate of drug-likeness (QED) is 0.367. The Labute approximate surface area is 209 Å². The van der Waals surface area contributed by atoms with Crippen molar-refractivity contribution in [3.8, 4) is 22.8 Å². The summed E-state index contributed by atoms with van der Waals surface area (Å²) in [6, 6.07) is 13.1. The number of urea groups is 1. The first-order valence-corrected chi connectivity index (χ1v) is 12.5. The molecule has 5 rings (SSSR count). The Morgan fingerprint density at radius 1 is 1.00 bits per heavy atom. The number of carbonyl (C=O) groups excluding carboxylic acids is 2. The summed E-state index contributed by atoms with van der Waals surface area (Å²) in [4.78, 5) is 45.7. The molecule has 0 bridgehead atoms. The average Bonchev–Trinajstić information content (AvgIpc) is 3.63. The first-order chi connectivity index (χ1) is 17.6. The molecule has 0 unspecified atom stereocenters. The minimum Gasteiger partial charge on any atom is -0.360 e. The van der Waals surface area contributed by atoms with Crippen LogP contribution in [-0.4, -0.2) is 67.9 Å². The number of H-pyrrole nitrogens is 2. The molecule has 0 aliphatic carbocycles. The molecule has 4 heterocycles. The molecule has 0 saturated carbocycles. The lowest BCUT2D eigenvalue weighted by Crippen LogP contribution is -2.47. The molecule has 1 aromatic carbocycles. The number of anilines is 1. The van der Waals surface area contributed by atoms with Crippen molar-refractivity contribution in [2.45, 2.75) is 26.7 Å². The second kappa shape index (κ2) is 10.2. The highest BCUT2D eigenvalue weighted by Gasteiger charge is 2.30. The number of rotatable bonds is 6. The summed E-state index contributed by atoms with van der Waals surface area (Å²) in [6.45, 7) is 6.42.